The minimum absolute atomic E-state index is 0.0987. The first-order chi connectivity index (χ1) is 12.6. The molecule has 0 saturated carbocycles. The Labute approximate surface area is 158 Å². The molecule has 0 amide bonds. The molecule has 1 aromatic rings. The summed E-state index contributed by atoms with van der Waals surface area (Å²) in [6, 6.07) is 3.53. The number of Topliss-reactive ketones (excluding diaryl/α,β-unsaturated/α-hetero) is 1. The van der Waals surface area contributed by atoms with Crippen LogP contribution in [0.3, 0.4) is 0 Å². The molecule has 0 aromatic carbocycles. The lowest BCUT2D eigenvalue weighted by atomic mass is 10.2. The van der Waals surface area contributed by atoms with E-state index in [0.717, 1.165) is 25.7 Å². The molecule has 2 heterocycles. The largest absolute Gasteiger partial charge is 0.481 e. The Balaban J connectivity index is 2.16. The van der Waals surface area contributed by atoms with Crippen LogP contribution in [0.1, 0.15) is 52.4 Å². The summed E-state index contributed by atoms with van der Waals surface area (Å²) in [6.45, 7) is 4.06. The van der Waals surface area contributed by atoms with Crippen LogP contribution in [0.5, 0.6) is 5.88 Å². The first-order valence-electron chi connectivity index (χ1n) is 8.99. The molecule has 1 aromatic heterocycles. The summed E-state index contributed by atoms with van der Waals surface area (Å²) >= 11 is 1.36. The number of esters is 1. The van der Waals surface area contributed by atoms with Crippen LogP contribution in [0.4, 0.5) is 5.69 Å². The Morgan fingerprint density at radius 2 is 2.00 bits per heavy atom. The number of hydrogen-bond donors (Lipinski definition) is 0. The zero-order chi connectivity index (χ0) is 18.9. The van der Waals surface area contributed by atoms with Crippen LogP contribution in [0, 0.1) is 0 Å². The SMILES string of the molecule is CCCCCC(=O)OC1=CSC(C(=O)CCC)N1c1ccc(OC)nc1. The smallest absolute Gasteiger partial charge is 0.312 e. The van der Waals surface area contributed by atoms with Crippen LogP contribution >= 0.6 is 11.8 Å². The van der Waals surface area contributed by atoms with Crippen LogP contribution in [0.15, 0.2) is 29.6 Å². The van der Waals surface area contributed by atoms with Gasteiger partial charge in [-0.2, -0.15) is 0 Å². The number of unbranched alkanes of at least 4 members (excludes halogenated alkanes) is 2. The highest BCUT2D eigenvalue weighted by Crippen LogP contribution is 2.37. The molecule has 7 heteroatoms. The molecule has 0 spiro atoms. The van der Waals surface area contributed by atoms with Gasteiger partial charge in [0.25, 0.3) is 0 Å². The van der Waals surface area contributed by atoms with Crippen molar-refractivity contribution in [1.82, 2.24) is 4.98 Å². The average molecular weight is 378 g/mol. The number of anilines is 1. The summed E-state index contributed by atoms with van der Waals surface area (Å²) in [4.78, 5) is 30.6. The monoisotopic (exact) mass is 378 g/mol. The van der Waals surface area contributed by atoms with Crippen LogP contribution in [-0.2, 0) is 14.3 Å². The molecule has 0 radical (unpaired) electrons. The van der Waals surface area contributed by atoms with E-state index in [0.29, 0.717) is 30.3 Å². The molecule has 0 fully saturated rings. The molecule has 2 rings (SSSR count). The van der Waals surface area contributed by atoms with Crippen LogP contribution in [0.2, 0.25) is 0 Å². The lowest BCUT2D eigenvalue weighted by molar-refractivity contribution is -0.140. The van der Waals surface area contributed by atoms with Gasteiger partial charge in [-0.25, -0.2) is 4.98 Å². The molecular formula is C19H26N2O4S. The second-order valence-corrected chi connectivity index (χ2v) is 6.98. The number of pyridine rings is 1. The molecule has 142 valence electrons. The van der Waals surface area contributed by atoms with Gasteiger partial charge in [-0.3, -0.25) is 14.5 Å². The summed E-state index contributed by atoms with van der Waals surface area (Å²) in [5.74, 6) is 0.694. The van der Waals surface area contributed by atoms with Gasteiger partial charge < -0.3 is 9.47 Å². The number of hydrogen-bond acceptors (Lipinski definition) is 7. The third-order valence-electron chi connectivity index (χ3n) is 3.95. The molecule has 0 bridgehead atoms. The summed E-state index contributed by atoms with van der Waals surface area (Å²) in [5, 5.41) is 1.30. The molecule has 26 heavy (non-hydrogen) atoms. The molecule has 1 aliphatic heterocycles. The van der Waals surface area contributed by atoms with Crippen molar-refractivity contribution in [2.75, 3.05) is 12.0 Å². The van der Waals surface area contributed by atoms with Gasteiger partial charge in [0.1, 0.15) is 5.37 Å². The Morgan fingerprint density at radius 1 is 1.19 bits per heavy atom. The number of nitrogens with zero attached hydrogens (tertiary/aromatic N) is 2. The van der Waals surface area contributed by atoms with E-state index in [-0.39, 0.29) is 11.8 Å². The number of aromatic nitrogens is 1. The predicted octanol–water partition coefficient (Wildman–Crippen LogP) is 4.26. The van der Waals surface area contributed by atoms with Gasteiger partial charge in [-0.1, -0.05) is 38.5 Å². The Hall–Kier alpha value is -2.02. The number of thioether (sulfide) groups is 1. The number of carbonyl (C=O) groups excluding carboxylic acids is 2. The molecule has 6 nitrogen and oxygen atoms in total. The summed E-state index contributed by atoms with van der Waals surface area (Å²) in [7, 11) is 1.55. The number of ketones is 1. The third-order valence-corrected chi connectivity index (χ3v) is 5.02. The predicted molar refractivity (Wildman–Crippen MR) is 103 cm³/mol. The second-order valence-electron chi connectivity index (χ2n) is 6.02. The topological polar surface area (TPSA) is 68.7 Å². The van der Waals surface area contributed by atoms with Crippen molar-refractivity contribution < 1.29 is 19.1 Å². The fraction of sp³-hybridized carbons (Fsp3) is 0.526. The van der Waals surface area contributed by atoms with E-state index in [4.69, 9.17) is 9.47 Å². The zero-order valence-corrected chi connectivity index (χ0v) is 16.4. The van der Waals surface area contributed by atoms with Gasteiger partial charge in [-0.05, 0) is 18.9 Å². The molecule has 1 aliphatic rings. The first kappa shape index (κ1) is 20.3. The number of methoxy groups -OCH3 is 1. The molecule has 0 saturated heterocycles. The normalized spacial score (nSPS) is 16.3. The minimum Gasteiger partial charge on any atom is -0.481 e. The molecule has 1 atom stereocenters. The van der Waals surface area contributed by atoms with Crippen LogP contribution in [0.25, 0.3) is 0 Å². The molecule has 1 unspecified atom stereocenters. The maximum absolute atomic E-state index is 12.5. The van der Waals surface area contributed by atoms with Crippen molar-refractivity contribution in [1.29, 1.82) is 0 Å². The Bertz CT molecular complexity index is 645. The summed E-state index contributed by atoms with van der Waals surface area (Å²) < 4.78 is 10.6. The van der Waals surface area contributed by atoms with Crippen LogP contribution < -0.4 is 9.64 Å². The molecular weight excluding hydrogens is 352 g/mol. The highest BCUT2D eigenvalue weighted by atomic mass is 32.2. The third kappa shape index (κ3) is 5.24. The number of rotatable bonds is 10. The highest BCUT2D eigenvalue weighted by Gasteiger charge is 2.35. The fourth-order valence-corrected chi connectivity index (χ4v) is 3.63. The average Bonchev–Trinajstić information content (AvgIpc) is 3.05. The Kier molecular flexibility index (Phi) is 7.97. The number of carbonyl (C=O) groups is 2. The fourth-order valence-electron chi connectivity index (χ4n) is 2.60. The first-order valence-corrected chi connectivity index (χ1v) is 9.93. The van der Waals surface area contributed by atoms with Gasteiger partial charge in [0.05, 0.1) is 19.0 Å². The van der Waals surface area contributed by atoms with Gasteiger partial charge in [0.15, 0.2) is 5.78 Å². The number of ether oxygens (including phenoxy) is 2. The second kappa shape index (κ2) is 10.2. The van der Waals surface area contributed by atoms with E-state index in [1.807, 2.05) is 13.0 Å². The lowest BCUT2D eigenvalue weighted by Gasteiger charge is -2.27. The van der Waals surface area contributed by atoms with E-state index in [2.05, 4.69) is 11.9 Å². The van der Waals surface area contributed by atoms with E-state index < -0.39 is 5.37 Å². The summed E-state index contributed by atoms with van der Waals surface area (Å²) in [6.07, 6.45) is 6.08. The van der Waals surface area contributed by atoms with Crippen molar-refractivity contribution in [3.05, 3.63) is 29.6 Å². The van der Waals surface area contributed by atoms with Gasteiger partial charge in [-0.15, -0.1) is 0 Å². The van der Waals surface area contributed by atoms with Crippen molar-refractivity contribution in [2.24, 2.45) is 0 Å². The van der Waals surface area contributed by atoms with Gasteiger partial charge in [0, 0.05) is 24.3 Å². The lowest BCUT2D eigenvalue weighted by Crippen LogP contribution is -2.36. The van der Waals surface area contributed by atoms with E-state index in [1.165, 1.54) is 11.8 Å². The summed E-state index contributed by atoms with van der Waals surface area (Å²) in [5.41, 5.74) is 0.692. The van der Waals surface area contributed by atoms with E-state index >= 15 is 0 Å². The highest BCUT2D eigenvalue weighted by molar-refractivity contribution is 8.03. The van der Waals surface area contributed by atoms with Crippen molar-refractivity contribution in [2.45, 2.75) is 57.7 Å². The van der Waals surface area contributed by atoms with Gasteiger partial charge >= 0.3 is 5.97 Å². The van der Waals surface area contributed by atoms with Gasteiger partial charge in [0.2, 0.25) is 11.8 Å². The van der Waals surface area contributed by atoms with E-state index in [9.17, 15) is 9.59 Å². The van der Waals surface area contributed by atoms with Crippen LogP contribution in [-0.4, -0.2) is 29.2 Å². The maximum atomic E-state index is 12.5. The minimum atomic E-state index is -0.441. The van der Waals surface area contributed by atoms with Crippen molar-refractivity contribution >= 4 is 29.2 Å². The van der Waals surface area contributed by atoms with E-state index in [1.54, 1.807) is 29.7 Å². The maximum Gasteiger partial charge on any atom is 0.312 e. The quantitative estimate of drug-likeness (QED) is 0.445. The molecule has 0 N–H and O–H groups in total. The Morgan fingerprint density at radius 3 is 2.62 bits per heavy atom. The standard InChI is InChI=1S/C19H26N2O4S/c1-4-6-7-9-18(23)25-17-13-26-19(15(22)8-5-2)21(17)14-10-11-16(24-3)20-12-14/h10-13,19H,4-9H2,1-3H3. The zero-order valence-electron chi connectivity index (χ0n) is 15.6. The van der Waals surface area contributed by atoms with Crippen molar-refractivity contribution in [3.63, 3.8) is 0 Å². The molecule has 0 aliphatic carbocycles. The van der Waals surface area contributed by atoms with Crippen molar-refractivity contribution in [3.8, 4) is 5.88 Å².